The van der Waals surface area contributed by atoms with Crippen LogP contribution in [-0.2, 0) is 14.8 Å². The van der Waals surface area contributed by atoms with Crippen molar-refractivity contribution in [2.24, 2.45) is 0 Å². The Hall–Kier alpha value is -1.93. The number of carbonyl (C=O) groups is 2. The van der Waals surface area contributed by atoms with Crippen molar-refractivity contribution < 1.29 is 18.0 Å². The first kappa shape index (κ1) is 18.4. The molecule has 0 spiro atoms. The Bertz CT molecular complexity index is 705. The number of sulfonamides is 1. The maximum Gasteiger partial charge on any atom is 0.253 e. The van der Waals surface area contributed by atoms with Gasteiger partial charge in [0.25, 0.3) is 5.91 Å². The van der Waals surface area contributed by atoms with E-state index < -0.39 is 10.0 Å². The van der Waals surface area contributed by atoms with Gasteiger partial charge in [-0.15, -0.1) is 0 Å². The van der Waals surface area contributed by atoms with Gasteiger partial charge in [0, 0.05) is 52.3 Å². The molecule has 7 nitrogen and oxygen atoms in total. The van der Waals surface area contributed by atoms with Gasteiger partial charge in [-0.05, 0) is 24.3 Å². The number of nitrogens with zero attached hydrogens (tertiary/aromatic N) is 3. The van der Waals surface area contributed by atoms with E-state index in [0.29, 0.717) is 38.2 Å². The lowest BCUT2D eigenvalue weighted by Gasteiger charge is -2.34. The highest BCUT2D eigenvalue weighted by Crippen LogP contribution is 2.16. The molecule has 2 amide bonds. The van der Waals surface area contributed by atoms with Gasteiger partial charge < -0.3 is 9.80 Å². The van der Waals surface area contributed by atoms with Crippen molar-refractivity contribution in [2.75, 3.05) is 40.3 Å². The zero-order valence-electron chi connectivity index (χ0n) is 14.2. The second-order valence-corrected chi connectivity index (χ2v) is 7.99. The molecule has 132 valence electrons. The van der Waals surface area contributed by atoms with Crippen LogP contribution in [0.2, 0.25) is 0 Å². The second-order valence-electron chi connectivity index (χ2n) is 5.84. The van der Waals surface area contributed by atoms with Crippen LogP contribution in [0.25, 0.3) is 0 Å². The minimum absolute atomic E-state index is 0.0975. The van der Waals surface area contributed by atoms with E-state index in [4.69, 9.17) is 0 Å². The van der Waals surface area contributed by atoms with Gasteiger partial charge >= 0.3 is 0 Å². The highest BCUT2D eigenvalue weighted by molar-refractivity contribution is 7.89. The number of benzene rings is 1. The normalized spacial score (nSPS) is 15.7. The molecule has 0 radical (unpaired) electrons. The molecule has 1 fully saturated rings. The maximum atomic E-state index is 12.5. The van der Waals surface area contributed by atoms with Crippen LogP contribution in [0.3, 0.4) is 0 Å². The number of hydrogen-bond acceptors (Lipinski definition) is 4. The predicted octanol–water partition coefficient (Wildman–Crippen LogP) is 0.631. The number of carbonyl (C=O) groups excluding carboxylic acids is 2. The molecule has 0 N–H and O–H groups in total. The first-order valence-corrected chi connectivity index (χ1v) is 9.31. The molecular weight excluding hydrogens is 330 g/mol. The minimum Gasteiger partial charge on any atom is -0.339 e. The third-order valence-corrected chi connectivity index (χ3v) is 5.93. The Morgan fingerprint density at radius 2 is 1.50 bits per heavy atom. The van der Waals surface area contributed by atoms with E-state index in [0.717, 1.165) is 4.31 Å². The number of amides is 2. The first-order valence-electron chi connectivity index (χ1n) is 7.87. The summed E-state index contributed by atoms with van der Waals surface area (Å²) in [5.41, 5.74) is 0.447. The molecule has 1 heterocycles. The summed E-state index contributed by atoms with van der Waals surface area (Å²) in [7, 11) is -0.572. The van der Waals surface area contributed by atoms with E-state index in [1.54, 1.807) is 9.80 Å². The van der Waals surface area contributed by atoms with Gasteiger partial charge in [0.05, 0.1) is 4.90 Å². The fourth-order valence-electron chi connectivity index (χ4n) is 2.55. The topological polar surface area (TPSA) is 78.0 Å². The lowest BCUT2D eigenvalue weighted by Crippen LogP contribution is -2.50. The van der Waals surface area contributed by atoms with E-state index in [1.165, 1.54) is 38.4 Å². The van der Waals surface area contributed by atoms with Gasteiger partial charge in [-0.3, -0.25) is 9.59 Å². The van der Waals surface area contributed by atoms with Crippen LogP contribution in [0.15, 0.2) is 29.2 Å². The number of hydrogen-bond donors (Lipinski definition) is 0. The van der Waals surface area contributed by atoms with E-state index >= 15 is 0 Å². The summed E-state index contributed by atoms with van der Waals surface area (Å²) >= 11 is 0. The highest BCUT2D eigenvalue weighted by atomic mass is 32.2. The van der Waals surface area contributed by atoms with Crippen LogP contribution in [0, 0.1) is 0 Å². The number of rotatable bonds is 4. The van der Waals surface area contributed by atoms with Crippen LogP contribution < -0.4 is 0 Å². The van der Waals surface area contributed by atoms with Gasteiger partial charge in [0.2, 0.25) is 15.9 Å². The molecule has 1 aliphatic heterocycles. The lowest BCUT2D eigenvalue weighted by molar-refractivity contribution is -0.132. The summed E-state index contributed by atoms with van der Waals surface area (Å²) in [6, 6.07) is 5.95. The third-order valence-electron chi connectivity index (χ3n) is 4.10. The van der Waals surface area contributed by atoms with Crippen LogP contribution in [-0.4, -0.2) is 74.6 Å². The van der Waals surface area contributed by atoms with Crippen molar-refractivity contribution in [1.82, 2.24) is 14.1 Å². The molecule has 0 aromatic heterocycles. The monoisotopic (exact) mass is 353 g/mol. The van der Waals surface area contributed by atoms with Crippen molar-refractivity contribution in [3.05, 3.63) is 29.8 Å². The molecule has 1 aliphatic rings. The van der Waals surface area contributed by atoms with Crippen LogP contribution in [0.4, 0.5) is 0 Å². The van der Waals surface area contributed by atoms with Crippen molar-refractivity contribution in [2.45, 2.75) is 18.2 Å². The molecule has 0 unspecified atom stereocenters. The fraction of sp³-hybridized carbons (Fsp3) is 0.500. The molecule has 0 atom stereocenters. The Labute approximate surface area is 142 Å². The molecule has 0 saturated carbocycles. The van der Waals surface area contributed by atoms with Gasteiger partial charge in [-0.2, -0.15) is 0 Å². The quantitative estimate of drug-likeness (QED) is 0.795. The first-order chi connectivity index (χ1) is 11.3. The summed E-state index contributed by atoms with van der Waals surface area (Å²) in [5.74, 6) is -0.0484. The van der Waals surface area contributed by atoms with Crippen LogP contribution in [0.1, 0.15) is 23.7 Å². The van der Waals surface area contributed by atoms with Crippen molar-refractivity contribution >= 4 is 21.8 Å². The van der Waals surface area contributed by atoms with E-state index in [-0.39, 0.29) is 16.7 Å². The molecule has 8 heteroatoms. The van der Waals surface area contributed by atoms with Crippen molar-refractivity contribution in [3.8, 4) is 0 Å². The summed E-state index contributed by atoms with van der Waals surface area (Å²) in [6.07, 6.45) is 0.468. The Balaban J connectivity index is 2.05. The molecular formula is C16H23N3O4S. The average molecular weight is 353 g/mol. The molecule has 0 aliphatic carbocycles. The van der Waals surface area contributed by atoms with Gasteiger partial charge in [0.15, 0.2) is 0 Å². The second kappa shape index (κ2) is 7.31. The predicted molar refractivity (Wildman–Crippen MR) is 90.1 cm³/mol. The van der Waals surface area contributed by atoms with Crippen molar-refractivity contribution in [3.63, 3.8) is 0 Å². The van der Waals surface area contributed by atoms with Crippen LogP contribution in [0.5, 0.6) is 0 Å². The zero-order chi connectivity index (χ0) is 17.9. The molecule has 2 rings (SSSR count). The Kier molecular flexibility index (Phi) is 5.61. The van der Waals surface area contributed by atoms with Crippen LogP contribution >= 0.6 is 0 Å². The smallest absolute Gasteiger partial charge is 0.253 e. The van der Waals surface area contributed by atoms with E-state index in [9.17, 15) is 18.0 Å². The van der Waals surface area contributed by atoms with E-state index in [2.05, 4.69) is 0 Å². The third kappa shape index (κ3) is 3.76. The molecule has 1 saturated heterocycles. The molecule has 1 aromatic rings. The SMILES string of the molecule is CCC(=O)N1CCN(C(=O)c2ccc(S(=O)(=O)N(C)C)cc2)CC1. The van der Waals surface area contributed by atoms with Gasteiger partial charge in [0.1, 0.15) is 0 Å². The Morgan fingerprint density at radius 1 is 1.00 bits per heavy atom. The summed E-state index contributed by atoms with van der Waals surface area (Å²) in [4.78, 5) is 27.8. The Morgan fingerprint density at radius 3 is 1.96 bits per heavy atom. The fourth-order valence-corrected chi connectivity index (χ4v) is 3.45. The highest BCUT2D eigenvalue weighted by Gasteiger charge is 2.24. The zero-order valence-corrected chi connectivity index (χ0v) is 15.0. The molecule has 0 bridgehead atoms. The molecule has 24 heavy (non-hydrogen) atoms. The summed E-state index contributed by atoms with van der Waals surface area (Å²) in [6.45, 7) is 3.87. The lowest BCUT2D eigenvalue weighted by atomic mass is 10.2. The largest absolute Gasteiger partial charge is 0.339 e. The van der Waals surface area contributed by atoms with Gasteiger partial charge in [-0.1, -0.05) is 6.92 Å². The molecule has 1 aromatic carbocycles. The summed E-state index contributed by atoms with van der Waals surface area (Å²) in [5, 5.41) is 0. The minimum atomic E-state index is -3.50. The van der Waals surface area contributed by atoms with Crippen molar-refractivity contribution in [1.29, 1.82) is 0 Å². The summed E-state index contributed by atoms with van der Waals surface area (Å²) < 4.78 is 25.2. The number of piperazine rings is 1. The standard InChI is InChI=1S/C16H23N3O4S/c1-4-15(20)18-9-11-19(12-10-18)16(21)13-5-7-14(8-6-13)24(22,23)17(2)3/h5-8H,4,9-12H2,1-3H3. The van der Waals surface area contributed by atoms with Gasteiger partial charge in [-0.25, -0.2) is 12.7 Å². The maximum absolute atomic E-state index is 12.5. The van der Waals surface area contributed by atoms with E-state index in [1.807, 2.05) is 6.92 Å². The average Bonchev–Trinajstić information content (AvgIpc) is 2.60.